The lowest BCUT2D eigenvalue weighted by atomic mass is 10.0. The van der Waals surface area contributed by atoms with Crippen molar-refractivity contribution in [3.05, 3.63) is 84.4 Å². The van der Waals surface area contributed by atoms with Crippen LogP contribution in [-0.4, -0.2) is 31.5 Å². The molecular formula is C23H24N2O2. The van der Waals surface area contributed by atoms with E-state index < -0.39 is 0 Å². The molecule has 4 nitrogen and oxygen atoms in total. The minimum absolute atomic E-state index is 0.0384. The number of rotatable bonds is 7. The van der Waals surface area contributed by atoms with Crippen molar-refractivity contribution in [1.29, 1.82) is 0 Å². The molecule has 0 aliphatic rings. The van der Waals surface area contributed by atoms with E-state index in [1.807, 2.05) is 54.4 Å². The maximum absolute atomic E-state index is 12.2. The highest BCUT2D eigenvalue weighted by atomic mass is 16.5. The van der Waals surface area contributed by atoms with Gasteiger partial charge in [-0.25, -0.2) is 0 Å². The quantitative estimate of drug-likeness (QED) is 0.678. The first-order valence-electron chi connectivity index (χ1n) is 8.91. The molecule has 138 valence electrons. The monoisotopic (exact) mass is 360 g/mol. The van der Waals surface area contributed by atoms with Gasteiger partial charge in [-0.2, -0.15) is 0 Å². The molecule has 0 spiro atoms. The summed E-state index contributed by atoms with van der Waals surface area (Å²) < 4.78 is 5.12. The molecule has 4 heteroatoms. The zero-order valence-corrected chi connectivity index (χ0v) is 15.7. The van der Waals surface area contributed by atoms with Crippen LogP contribution in [0.5, 0.6) is 5.75 Å². The van der Waals surface area contributed by atoms with Gasteiger partial charge < -0.3 is 10.1 Å². The number of benzene rings is 3. The third kappa shape index (κ3) is 5.43. The van der Waals surface area contributed by atoms with E-state index in [1.165, 1.54) is 16.7 Å². The van der Waals surface area contributed by atoms with Gasteiger partial charge in [-0.1, -0.05) is 54.6 Å². The summed E-state index contributed by atoms with van der Waals surface area (Å²) in [6.45, 7) is 1.04. The predicted molar refractivity (Wildman–Crippen MR) is 110 cm³/mol. The first kappa shape index (κ1) is 18.7. The van der Waals surface area contributed by atoms with Crippen LogP contribution in [0.25, 0.3) is 11.1 Å². The molecule has 0 aliphatic heterocycles. The summed E-state index contributed by atoms with van der Waals surface area (Å²) in [6.07, 6.45) is 0. The van der Waals surface area contributed by atoms with Crippen molar-refractivity contribution in [1.82, 2.24) is 4.90 Å². The molecule has 3 aromatic carbocycles. The van der Waals surface area contributed by atoms with Crippen LogP contribution in [0.15, 0.2) is 78.9 Å². The second kappa shape index (κ2) is 9.01. The fourth-order valence-electron chi connectivity index (χ4n) is 2.92. The van der Waals surface area contributed by atoms with Crippen LogP contribution in [0, 0.1) is 0 Å². The van der Waals surface area contributed by atoms with E-state index in [1.54, 1.807) is 7.11 Å². The summed E-state index contributed by atoms with van der Waals surface area (Å²) >= 11 is 0. The summed E-state index contributed by atoms with van der Waals surface area (Å²) in [7, 11) is 3.56. The van der Waals surface area contributed by atoms with Gasteiger partial charge in [-0.05, 0) is 48.0 Å². The molecule has 0 unspecified atom stereocenters. The Hall–Kier alpha value is -3.11. The van der Waals surface area contributed by atoms with E-state index in [0.717, 1.165) is 11.4 Å². The molecule has 0 aliphatic carbocycles. The number of amides is 1. The summed E-state index contributed by atoms with van der Waals surface area (Å²) in [5.74, 6) is 0.729. The number of nitrogens with one attached hydrogen (secondary N) is 1. The third-order valence-electron chi connectivity index (χ3n) is 4.30. The highest BCUT2D eigenvalue weighted by Gasteiger charge is 2.08. The highest BCUT2D eigenvalue weighted by Crippen LogP contribution is 2.20. The Morgan fingerprint density at radius 1 is 0.889 bits per heavy atom. The van der Waals surface area contributed by atoms with Crippen LogP contribution in [0.1, 0.15) is 5.56 Å². The van der Waals surface area contributed by atoms with Crippen LogP contribution >= 0.6 is 0 Å². The summed E-state index contributed by atoms with van der Waals surface area (Å²) in [5.41, 5.74) is 4.34. The van der Waals surface area contributed by atoms with Gasteiger partial charge in [-0.3, -0.25) is 9.69 Å². The molecule has 0 fully saturated rings. The topological polar surface area (TPSA) is 41.6 Å². The van der Waals surface area contributed by atoms with Crippen LogP contribution in [-0.2, 0) is 11.3 Å². The zero-order chi connectivity index (χ0) is 19.1. The Balaban J connectivity index is 1.52. The Labute approximate surface area is 160 Å². The normalized spacial score (nSPS) is 10.6. The lowest BCUT2D eigenvalue weighted by Gasteiger charge is -2.17. The number of ether oxygens (including phenoxy) is 1. The maximum atomic E-state index is 12.2. The summed E-state index contributed by atoms with van der Waals surface area (Å²) in [6, 6.07) is 26.1. The smallest absolute Gasteiger partial charge is 0.238 e. The fraction of sp³-hybridized carbons (Fsp3) is 0.174. The van der Waals surface area contributed by atoms with E-state index >= 15 is 0 Å². The van der Waals surface area contributed by atoms with Crippen LogP contribution in [0.4, 0.5) is 5.69 Å². The molecule has 0 aromatic heterocycles. The molecule has 0 bridgehead atoms. The molecule has 3 rings (SSSR count). The van der Waals surface area contributed by atoms with E-state index in [0.29, 0.717) is 13.1 Å². The number of carbonyl (C=O) groups excluding carboxylic acids is 1. The first-order chi connectivity index (χ1) is 13.1. The molecular weight excluding hydrogens is 336 g/mol. The highest BCUT2D eigenvalue weighted by molar-refractivity contribution is 5.92. The number of hydrogen-bond acceptors (Lipinski definition) is 3. The number of hydrogen-bond donors (Lipinski definition) is 1. The van der Waals surface area contributed by atoms with Gasteiger partial charge in [0.25, 0.3) is 0 Å². The van der Waals surface area contributed by atoms with Crippen LogP contribution in [0.3, 0.4) is 0 Å². The Morgan fingerprint density at radius 3 is 2.15 bits per heavy atom. The van der Waals surface area contributed by atoms with Crippen LogP contribution in [0.2, 0.25) is 0 Å². The summed E-state index contributed by atoms with van der Waals surface area (Å²) in [4.78, 5) is 14.2. The lowest BCUT2D eigenvalue weighted by molar-refractivity contribution is -0.117. The molecule has 0 radical (unpaired) electrons. The average Bonchev–Trinajstić information content (AvgIpc) is 2.69. The minimum Gasteiger partial charge on any atom is -0.497 e. The van der Waals surface area contributed by atoms with Crippen LogP contribution < -0.4 is 10.1 Å². The molecule has 0 atom stereocenters. The van der Waals surface area contributed by atoms with Gasteiger partial charge in [0, 0.05) is 12.2 Å². The number of anilines is 1. The Bertz CT molecular complexity index is 859. The average molecular weight is 360 g/mol. The predicted octanol–water partition coefficient (Wildman–Crippen LogP) is 4.43. The fourth-order valence-corrected chi connectivity index (χ4v) is 2.92. The van der Waals surface area contributed by atoms with E-state index in [9.17, 15) is 4.79 Å². The van der Waals surface area contributed by atoms with Crippen molar-refractivity contribution in [3.63, 3.8) is 0 Å². The van der Waals surface area contributed by atoms with E-state index in [4.69, 9.17) is 4.74 Å². The Morgan fingerprint density at radius 2 is 1.52 bits per heavy atom. The number of methoxy groups -OCH3 is 1. The SMILES string of the molecule is COc1ccc(NC(=O)CN(C)Cc2ccc(-c3ccccc3)cc2)cc1. The second-order valence-electron chi connectivity index (χ2n) is 6.51. The van der Waals surface area contributed by atoms with Gasteiger partial charge in [0.2, 0.25) is 5.91 Å². The van der Waals surface area contributed by atoms with E-state index in [2.05, 4.69) is 41.7 Å². The molecule has 0 saturated carbocycles. The van der Waals surface area contributed by atoms with Crippen molar-refractivity contribution in [2.24, 2.45) is 0 Å². The molecule has 1 N–H and O–H groups in total. The molecule has 0 saturated heterocycles. The largest absolute Gasteiger partial charge is 0.497 e. The lowest BCUT2D eigenvalue weighted by Crippen LogP contribution is -2.29. The van der Waals surface area contributed by atoms with E-state index in [-0.39, 0.29) is 5.91 Å². The standard InChI is InChI=1S/C23H24N2O2/c1-25(17-23(26)24-21-12-14-22(27-2)15-13-21)16-18-8-10-20(11-9-18)19-6-4-3-5-7-19/h3-15H,16-17H2,1-2H3,(H,24,26). The second-order valence-corrected chi connectivity index (χ2v) is 6.51. The molecule has 1 amide bonds. The first-order valence-corrected chi connectivity index (χ1v) is 8.91. The molecule has 27 heavy (non-hydrogen) atoms. The van der Waals surface area contributed by atoms with Gasteiger partial charge in [0.1, 0.15) is 5.75 Å². The Kier molecular flexibility index (Phi) is 6.23. The maximum Gasteiger partial charge on any atom is 0.238 e. The number of nitrogens with zero attached hydrogens (tertiary/aromatic N) is 1. The van der Waals surface area contributed by atoms with Gasteiger partial charge in [-0.15, -0.1) is 0 Å². The number of likely N-dealkylation sites (N-methyl/N-ethyl adjacent to an activating group) is 1. The molecule has 0 heterocycles. The molecule has 3 aromatic rings. The van der Waals surface area contributed by atoms with Crippen molar-refractivity contribution in [2.45, 2.75) is 6.54 Å². The van der Waals surface area contributed by atoms with Gasteiger partial charge in [0.15, 0.2) is 0 Å². The van der Waals surface area contributed by atoms with Crippen molar-refractivity contribution < 1.29 is 9.53 Å². The van der Waals surface area contributed by atoms with Crippen molar-refractivity contribution >= 4 is 11.6 Å². The zero-order valence-electron chi connectivity index (χ0n) is 15.7. The third-order valence-corrected chi connectivity index (χ3v) is 4.30. The van der Waals surface area contributed by atoms with Gasteiger partial charge in [0.05, 0.1) is 13.7 Å². The minimum atomic E-state index is -0.0384. The van der Waals surface area contributed by atoms with Crippen molar-refractivity contribution in [2.75, 3.05) is 26.0 Å². The van der Waals surface area contributed by atoms with Gasteiger partial charge >= 0.3 is 0 Å². The van der Waals surface area contributed by atoms with Crippen molar-refractivity contribution in [3.8, 4) is 16.9 Å². The summed E-state index contributed by atoms with van der Waals surface area (Å²) in [5, 5.41) is 2.90. The number of carbonyl (C=O) groups is 1.